The minimum absolute atomic E-state index is 0.127. The molecule has 0 radical (unpaired) electrons. The van der Waals surface area contributed by atoms with Crippen molar-refractivity contribution in [1.82, 2.24) is 0 Å². The number of hydrogen-bond donors (Lipinski definition) is 2. The summed E-state index contributed by atoms with van der Waals surface area (Å²) in [5.74, 6) is -0.599. The summed E-state index contributed by atoms with van der Waals surface area (Å²) in [6.45, 7) is 1.60. The molecule has 3 heteroatoms. The van der Waals surface area contributed by atoms with E-state index < -0.39 is 18.1 Å². The Bertz CT molecular complexity index is 174. The van der Waals surface area contributed by atoms with Crippen LogP contribution in [-0.2, 0) is 4.79 Å². The molecule has 2 N–H and O–H groups in total. The maximum atomic E-state index is 10.8. The number of hydrogen-bond acceptors (Lipinski definition) is 3. The lowest BCUT2D eigenvalue weighted by Crippen LogP contribution is -2.37. The molecule has 0 spiro atoms. The maximum Gasteiger partial charge on any atom is 0.160 e. The fourth-order valence-electron chi connectivity index (χ4n) is 0.923. The Morgan fingerprint density at radius 1 is 1.50 bits per heavy atom. The minimum Gasteiger partial charge on any atom is -0.389 e. The van der Waals surface area contributed by atoms with Crippen molar-refractivity contribution in [2.45, 2.75) is 19.1 Å². The highest BCUT2D eigenvalue weighted by atomic mass is 16.3. The van der Waals surface area contributed by atoms with Crippen molar-refractivity contribution in [1.29, 1.82) is 0 Å². The second-order valence-corrected chi connectivity index (χ2v) is 2.53. The van der Waals surface area contributed by atoms with E-state index in [9.17, 15) is 4.79 Å². The molecule has 0 fully saturated rings. The standard InChI is InChI=1S/C7H10O3/c1-4-5(8)2-3-6(9)7(4)10/h2-4,6-7,9-10H,1H3/t4-,6+,7-/m0/s1. The third-order valence-electron chi connectivity index (χ3n) is 1.77. The van der Waals surface area contributed by atoms with Gasteiger partial charge >= 0.3 is 0 Å². The van der Waals surface area contributed by atoms with E-state index in [2.05, 4.69) is 0 Å². The highest BCUT2D eigenvalue weighted by molar-refractivity contribution is 5.93. The molecule has 10 heavy (non-hydrogen) atoms. The van der Waals surface area contributed by atoms with Gasteiger partial charge in [0.1, 0.15) is 0 Å². The van der Waals surface area contributed by atoms with E-state index in [-0.39, 0.29) is 5.78 Å². The Kier molecular flexibility index (Phi) is 1.87. The number of ketones is 1. The first-order chi connectivity index (χ1) is 4.63. The largest absolute Gasteiger partial charge is 0.389 e. The molecule has 3 atom stereocenters. The number of aliphatic hydroxyl groups excluding tert-OH is 2. The molecule has 0 saturated carbocycles. The lowest BCUT2D eigenvalue weighted by molar-refractivity contribution is -0.124. The number of rotatable bonds is 0. The normalized spacial score (nSPS) is 40.3. The Balaban J connectivity index is 2.79. The van der Waals surface area contributed by atoms with Gasteiger partial charge in [-0.25, -0.2) is 0 Å². The van der Waals surface area contributed by atoms with E-state index >= 15 is 0 Å². The molecule has 1 aliphatic carbocycles. The molecule has 3 nitrogen and oxygen atoms in total. The minimum atomic E-state index is -0.933. The van der Waals surface area contributed by atoms with Gasteiger partial charge in [-0.3, -0.25) is 4.79 Å². The summed E-state index contributed by atoms with van der Waals surface area (Å²) in [6.07, 6.45) is 0.805. The van der Waals surface area contributed by atoms with Crippen LogP contribution in [0.3, 0.4) is 0 Å². The number of allylic oxidation sites excluding steroid dienone is 1. The number of carbonyl (C=O) groups excluding carboxylic acids is 1. The smallest absolute Gasteiger partial charge is 0.160 e. The average Bonchev–Trinajstić information content (AvgIpc) is 1.93. The molecular weight excluding hydrogens is 132 g/mol. The highest BCUT2D eigenvalue weighted by Crippen LogP contribution is 2.15. The van der Waals surface area contributed by atoms with Crippen LogP contribution in [0.15, 0.2) is 12.2 Å². The van der Waals surface area contributed by atoms with Crippen LogP contribution in [0.1, 0.15) is 6.92 Å². The van der Waals surface area contributed by atoms with Gasteiger partial charge < -0.3 is 10.2 Å². The second kappa shape index (κ2) is 2.52. The fraction of sp³-hybridized carbons (Fsp3) is 0.571. The van der Waals surface area contributed by atoms with Gasteiger partial charge in [-0.1, -0.05) is 13.0 Å². The van der Waals surface area contributed by atoms with Crippen molar-refractivity contribution in [2.75, 3.05) is 0 Å². The lowest BCUT2D eigenvalue weighted by Gasteiger charge is -2.23. The quantitative estimate of drug-likeness (QED) is 0.478. The summed E-state index contributed by atoms with van der Waals surface area (Å²) in [5, 5.41) is 18.1. The van der Waals surface area contributed by atoms with Crippen LogP contribution in [0, 0.1) is 5.92 Å². The van der Waals surface area contributed by atoms with Gasteiger partial charge in [0.2, 0.25) is 0 Å². The molecule has 0 aromatic rings. The Morgan fingerprint density at radius 2 is 2.10 bits per heavy atom. The predicted octanol–water partition coefficient (Wildman–Crippen LogP) is -0.517. The molecule has 0 bridgehead atoms. The van der Waals surface area contributed by atoms with Crippen LogP contribution < -0.4 is 0 Å². The van der Waals surface area contributed by atoms with Gasteiger partial charge in [0.25, 0.3) is 0 Å². The summed E-state index contributed by atoms with van der Waals surface area (Å²) in [6, 6.07) is 0. The van der Waals surface area contributed by atoms with Crippen molar-refractivity contribution in [3.05, 3.63) is 12.2 Å². The van der Waals surface area contributed by atoms with Gasteiger partial charge in [0.15, 0.2) is 5.78 Å². The Hall–Kier alpha value is -0.670. The van der Waals surface area contributed by atoms with Crippen molar-refractivity contribution in [2.24, 2.45) is 5.92 Å². The average molecular weight is 142 g/mol. The maximum absolute atomic E-state index is 10.8. The van der Waals surface area contributed by atoms with Crippen LogP contribution >= 0.6 is 0 Å². The van der Waals surface area contributed by atoms with E-state index in [1.165, 1.54) is 12.2 Å². The molecule has 0 saturated heterocycles. The summed E-state index contributed by atoms with van der Waals surface area (Å²) < 4.78 is 0. The highest BCUT2D eigenvalue weighted by Gasteiger charge is 2.28. The lowest BCUT2D eigenvalue weighted by atomic mass is 9.90. The van der Waals surface area contributed by atoms with Crippen molar-refractivity contribution >= 4 is 5.78 Å². The first kappa shape index (κ1) is 7.44. The topological polar surface area (TPSA) is 57.5 Å². The molecule has 1 rings (SSSR count). The van der Waals surface area contributed by atoms with Gasteiger partial charge in [0.05, 0.1) is 12.2 Å². The zero-order valence-corrected chi connectivity index (χ0v) is 5.69. The number of aliphatic hydroxyl groups is 2. The molecule has 0 aromatic heterocycles. The molecule has 0 aromatic carbocycles. The zero-order chi connectivity index (χ0) is 7.72. The summed E-state index contributed by atoms with van der Waals surface area (Å²) >= 11 is 0. The van der Waals surface area contributed by atoms with Crippen LogP contribution in [0.4, 0.5) is 0 Å². The SMILES string of the molecule is C[C@H]1C(=O)C=C[C@@H](O)[C@H]1O. The second-order valence-electron chi connectivity index (χ2n) is 2.53. The molecular formula is C7H10O3. The fourth-order valence-corrected chi connectivity index (χ4v) is 0.923. The predicted molar refractivity (Wildman–Crippen MR) is 35.3 cm³/mol. The molecule has 56 valence electrons. The Labute approximate surface area is 59.0 Å². The molecule has 1 aliphatic rings. The number of carbonyl (C=O) groups is 1. The monoisotopic (exact) mass is 142 g/mol. The molecule has 0 heterocycles. The summed E-state index contributed by atoms with van der Waals surface area (Å²) in [7, 11) is 0. The van der Waals surface area contributed by atoms with Gasteiger partial charge in [0, 0.05) is 5.92 Å². The first-order valence-electron chi connectivity index (χ1n) is 3.21. The van der Waals surface area contributed by atoms with E-state index in [0.717, 1.165) is 0 Å². The van der Waals surface area contributed by atoms with E-state index in [1.807, 2.05) is 0 Å². The van der Waals surface area contributed by atoms with E-state index in [1.54, 1.807) is 6.92 Å². The van der Waals surface area contributed by atoms with Crippen LogP contribution in [0.25, 0.3) is 0 Å². The van der Waals surface area contributed by atoms with Crippen LogP contribution in [-0.4, -0.2) is 28.2 Å². The van der Waals surface area contributed by atoms with Crippen molar-refractivity contribution < 1.29 is 15.0 Å². The third-order valence-corrected chi connectivity index (χ3v) is 1.77. The van der Waals surface area contributed by atoms with E-state index in [4.69, 9.17) is 10.2 Å². The first-order valence-corrected chi connectivity index (χ1v) is 3.21. The van der Waals surface area contributed by atoms with Crippen molar-refractivity contribution in [3.8, 4) is 0 Å². The van der Waals surface area contributed by atoms with E-state index in [0.29, 0.717) is 0 Å². The molecule has 0 unspecified atom stereocenters. The zero-order valence-electron chi connectivity index (χ0n) is 5.69. The van der Waals surface area contributed by atoms with Crippen molar-refractivity contribution in [3.63, 3.8) is 0 Å². The summed E-state index contributed by atoms with van der Waals surface area (Å²) in [4.78, 5) is 10.8. The van der Waals surface area contributed by atoms with Gasteiger partial charge in [-0.2, -0.15) is 0 Å². The van der Waals surface area contributed by atoms with Crippen LogP contribution in [0.2, 0.25) is 0 Å². The molecule has 0 aliphatic heterocycles. The van der Waals surface area contributed by atoms with Crippen LogP contribution in [0.5, 0.6) is 0 Å². The Morgan fingerprint density at radius 3 is 2.60 bits per heavy atom. The van der Waals surface area contributed by atoms with Gasteiger partial charge in [-0.05, 0) is 6.08 Å². The third kappa shape index (κ3) is 1.10. The summed E-state index contributed by atoms with van der Waals surface area (Å²) in [5.41, 5.74) is 0. The van der Waals surface area contributed by atoms with Gasteiger partial charge in [-0.15, -0.1) is 0 Å². The molecule has 0 amide bonds.